The second-order valence-corrected chi connectivity index (χ2v) is 9.30. The minimum Gasteiger partial charge on any atom is -0.497 e. The molecule has 4 aromatic carbocycles. The van der Waals surface area contributed by atoms with Crippen LogP contribution in [0.2, 0.25) is 0 Å². The van der Waals surface area contributed by atoms with Crippen LogP contribution in [0.1, 0.15) is 11.1 Å². The van der Waals surface area contributed by atoms with Gasteiger partial charge >= 0.3 is 0 Å². The van der Waals surface area contributed by atoms with Crippen LogP contribution < -0.4 is 14.8 Å². The molecule has 1 amide bonds. The van der Waals surface area contributed by atoms with Crippen molar-refractivity contribution in [2.45, 2.75) is 6.61 Å². The summed E-state index contributed by atoms with van der Waals surface area (Å²) in [5, 5.41) is 14.6. The van der Waals surface area contributed by atoms with E-state index < -0.39 is 5.91 Å². The average molecular weight is 592 g/mol. The summed E-state index contributed by atoms with van der Waals surface area (Å²) in [4.78, 5) is 12.6. The SMILES string of the molecule is COc1ccc(NC(=O)/C(C#N)=C\c2cc(Br)c(OCc3cccc4ccccc34)c(Br)c2)cc1. The zero-order valence-electron chi connectivity index (χ0n) is 18.7. The molecule has 1 N–H and O–H groups in total. The van der Waals surface area contributed by atoms with Gasteiger partial charge in [0.1, 0.15) is 29.7 Å². The van der Waals surface area contributed by atoms with Gasteiger partial charge in [0.2, 0.25) is 0 Å². The number of halogens is 2. The smallest absolute Gasteiger partial charge is 0.266 e. The fraction of sp³-hybridized carbons (Fsp3) is 0.0714. The molecule has 0 unspecified atom stereocenters. The molecular weight excluding hydrogens is 572 g/mol. The second kappa shape index (κ2) is 11.2. The molecule has 0 spiro atoms. The van der Waals surface area contributed by atoms with Gasteiger partial charge < -0.3 is 14.8 Å². The number of carbonyl (C=O) groups is 1. The van der Waals surface area contributed by atoms with Crippen molar-refractivity contribution in [1.82, 2.24) is 0 Å². The highest BCUT2D eigenvalue weighted by molar-refractivity contribution is 9.11. The zero-order valence-corrected chi connectivity index (χ0v) is 21.9. The van der Waals surface area contributed by atoms with Gasteiger partial charge in [0.05, 0.1) is 16.1 Å². The molecule has 0 aromatic heterocycles. The first kappa shape index (κ1) is 24.5. The zero-order chi connectivity index (χ0) is 24.8. The third-order valence-electron chi connectivity index (χ3n) is 5.30. The fourth-order valence-electron chi connectivity index (χ4n) is 3.56. The number of amides is 1. The molecule has 174 valence electrons. The maximum absolute atomic E-state index is 12.6. The molecule has 35 heavy (non-hydrogen) atoms. The van der Waals surface area contributed by atoms with Crippen LogP contribution in [0.3, 0.4) is 0 Å². The summed E-state index contributed by atoms with van der Waals surface area (Å²) in [7, 11) is 1.57. The van der Waals surface area contributed by atoms with Gasteiger partial charge in [-0.1, -0.05) is 42.5 Å². The summed E-state index contributed by atoms with van der Waals surface area (Å²) >= 11 is 7.12. The third kappa shape index (κ3) is 5.91. The number of hydrogen-bond donors (Lipinski definition) is 1. The lowest BCUT2D eigenvalue weighted by molar-refractivity contribution is -0.112. The molecule has 5 nitrogen and oxygen atoms in total. The van der Waals surface area contributed by atoms with E-state index in [9.17, 15) is 10.1 Å². The first-order valence-corrected chi connectivity index (χ1v) is 12.2. The largest absolute Gasteiger partial charge is 0.497 e. The van der Waals surface area contributed by atoms with Crippen molar-refractivity contribution in [3.8, 4) is 17.6 Å². The van der Waals surface area contributed by atoms with Crippen LogP contribution in [0.5, 0.6) is 11.5 Å². The Labute approximate surface area is 220 Å². The summed E-state index contributed by atoms with van der Waals surface area (Å²) in [6.45, 7) is 0.390. The first-order valence-electron chi connectivity index (χ1n) is 10.6. The van der Waals surface area contributed by atoms with Crippen LogP contribution in [0.15, 0.2) is 93.4 Å². The highest BCUT2D eigenvalue weighted by atomic mass is 79.9. The van der Waals surface area contributed by atoms with Crippen molar-refractivity contribution < 1.29 is 14.3 Å². The molecule has 0 saturated heterocycles. The van der Waals surface area contributed by atoms with Gasteiger partial charge in [-0.3, -0.25) is 4.79 Å². The van der Waals surface area contributed by atoms with Gasteiger partial charge in [-0.15, -0.1) is 0 Å². The number of nitrogens with one attached hydrogen (secondary N) is 1. The number of nitrogens with zero attached hydrogens (tertiary/aromatic N) is 1. The van der Waals surface area contributed by atoms with Crippen LogP contribution in [0.4, 0.5) is 5.69 Å². The number of carbonyl (C=O) groups excluding carboxylic acids is 1. The van der Waals surface area contributed by atoms with Crippen LogP contribution in [-0.2, 0) is 11.4 Å². The minimum atomic E-state index is -0.499. The number of rotatable bonds is 7. The van der Waals surface area contributed by atoms with Crippen LogP contribution >= 0.6 is 31.9 Å². The highest BCUT2D eigenvalue weighted by Gasteiger charge is 2.13. The summed E-state index contributed by atoms with van der Waals surface area (Å²) in [5.74, 6) is 0.814. The number of nitriles is 1. The average Bonchev–Trinajstić information content (AvgIpc) is 2.87. The number of hydrogen-bond acceptors (Lipinski definition) is 4. The molecule has 7 heteroatoms. The predicted octanol–water partition coefficient (Wildman–Crippen LogP) is 7.50. The number of benzene rings is 4. The molecule has 0 atom stereocenters. The topological polar surface area (TPSA) is 71.3 Å². The normalized spacial score (nSPS) is 11.1. The molecule has 0 radical (unpaired) electrons. The Morgan fingerprint density at radius 1 is 1.00 bits per heavy atom. The Balaban J connectivity index is 1.51. The monoisotopic (exact) mass is 590 g/mol. The molecule has 0 heterocycles. The van der Waals surface area contributed by atoms with E-state index in [1.54, 1.807) is 43.5 Å². The Bertz CT molecular complexity index is 1430. The van der Waals surface area contributed by atoms with E-state index in [4.69, 9.17) is 9.47 Å². The van der Waals surface area contributed by atoms with Crippen molar-refractivity contribution in [3.05, 3.63) is 105 Å². The Kier molecular flexibility index (Phi) is 7.86. The van der Waals surface area contributed by atoms with Gasteiger partial charge in [-0.05, 0) is 96.2 Å². The Morgan fingerprint density at radius 3 is 2.37 bits per heavy atom. The van der Waals surface area contributed by atoms with Crippen molar-refractivity contribution in [1.29, 1.82) is 5.26 Å². The van der Waals surface area contributed by atoms with E-state index >= 15 is 0 Å². The van der Waals surface area contributed by atoms with E-state index in [-0.39, 0.29) is 5.57 Å². The predicted molar refractivity (Wildman–Crippen MR) is 145 cm³/mol. The van der Waals surface area contributed by atoms with Gasteiger partial charge in [0.15, 0.2) is 0 Å². The lowest BCUT2D eigenvalue weighted by Gasteiger charge is -2.13. The molecule has 0 aliphatic rings. The third-order valence-corrected chi connectivity index (χ3v) is 6.47. The Morgan fingerprint density at radius 2 is 1.69 bits per heavy atom. The van der Waals surface area contributed by atoms with Crippen LogP contribution in [-0.4, -0.2) is 13.0 Å². The van der Waals surface area contributed by atoms with E-state index in [0.29, 0.717) is 38.3 Å². The molecule has 0 aliphatic heterocycles. The second-order valence-electron chi connectivity index (χ2n) is 7.59. The number of ether oxygens (including phenoxy) is 2. The first-order chi connectivity index (χ1) is 17.0. The van der Waals surface area contributed by atoms with E-state index in [2.05, 4.69) is 55.4 Å². The Hall–Kier alpha value is -3.60. The van der Waals surface area contributed by atoms with Crippen LogP contribution in [0, 0.1) is 11.3 Å². The van der Waals surface area contributed by atoms with Gasteiger partial charge in [0.25, 0.3) is 5.91 Å². The molecule has 4 rings (SSSR count). The number of methoxy groups -OCH3 is 1. The maximum atomic E-state index is 12.6. The van der Waals surface area contributed by atoms with E-state index in [1.165, 1.54) is 6.08 Å². The summed E-state index contributed by atoms with van der Waals surface area (Å²) in [6, 6.07) is 26.8. The van der Waals surface area contributed by atoms with E-state index in [1.807, 2.05) is 30.3 Å². The van der Waals surface area contributed by atoms with Gasteiger partial charge in [-0.25, -0.2) is 0 Å². The van der Waals surface area contributed by atoms with Crippen LogP contribution in [0.25, 0.3) is 16.8 Å². The summed E-state index contributed by atoms with van der Waals surface area (Å²) in [5.41, 5.74) is 2.29. The van der Waals surface area contributed by atoms with E-state index in [0.717, 1.165) is 16.3 Å². The molecule has 4 aromatic rings. The molecule has 0 fully saturated rings. The van der Waals surface area contributed by atoms with Crippen molar-refractivity contribution >= 4 is 60.3 Å². The highest BCUT2D eigenvalue weighted by Crippen LogP contribution is 2.36. The minimum absolute atomic E-state index is 0.0240. The lowest BCUT2D eigenvalue weighted by Crippen LogP contribution is -2.13. The van der Waals surface area contributed by atoms with Gasteiger partial charge in [0, 0.05) is 5.69 Å². The van der Waals surface area contributed by atoms with Gasteiger partial charge in [-0.2, -0.15) is 5.26 Å². The van der Waals surface area contributed by atoms with Crippen molar-refractivity contribution in [2.75, 3.05) is 12.4 Å². The molecule has 0 saturated carbocycles. The molecule has 0 bridgehead atoms. The number of fused-ring (bicyclic) bond motifs is 1. The quantitative estimate of drug-likeness (QED) is 0.178. The number of anilines is 1. The fourth-order valence-corrected chi connectivity index (χ4v) is 5.01. The molecule has 0 aliphatic carbocycles. The standard InChI is InChI=1S/C28H20Br2N2O3/c1-34-23-11-9-22(10-12-23)32-28(33)21(16-31)13-18-14-25(29)27(26(30)15-18)35-17-20-7-4-6-19-5-2-3-8-24(19)20/h2-15H,17H2,1H3,(H,32,33)/b21-13-. The van der Waals surface area contributed by atoms with Crippen molar-refractivity contribution in [3.63, 3.8) is 0 Å². The van der Waals surface area contributed by atoms with Crippen molar-refractivity contribution in [2.24, 2.45) is 0 Å². The molecular formula is C28H20Br2N2O3. The lowest BCUT2D eigenvalue weighted by atomic mass is 10.1. The summed E-state index contributed by atoms with van der Waals surface area (Å²) < 4.78 is 12.6. The summed E-state index contributed by atoms with van der Waals surface area (Å²) in [6.07, 6.45) is 1.53. The maximum Gasteiger partial charge on any atom is 0.266 e.